The van der Waals surface area contributed by atoms with Gasteiger partial charge in [-0.25, -0.2) is 4.98 Å². The Bertz CT molecular complexity index is 582. The fourth-order valence-corrected chi connectivity index (χ4v) is 3.48. The minimum Gasteiger partial charge on any atom is -0.344 e. The molecule has 5 heteroatoms. The standard InChI is InChI=1S/C15H20ClN3S/c1-10-14(9-17-3)20-15(18-10)19(4)11(2)12-7-5-6-8-13(12)16/h5-8,11,17H,9H2,1-4H3. The lowest BCUT2D eigenvalue weighted by atomic mass is 10.1. The molecule has 2 aromatic rings. The summed E-state index contributed by atoms with van der Waals surface area (Å²) in [4.78, 5) is 8.12. The minimum atomic E-state index is 0.191. The van der Waals surface area contributed by atoms with E-state index < -0.39 is 0 Å². The molecule has 0 saturated heterocycles. The van der Waals surface area contributed by atoms with E-state index >= 15 is 0 Å². The van der Waals surface area contributed by atoms with Crippen molar-refractivity contribution in [3.8, 4) is 0 Å². The average molecular weight is 310 g/mol. The quantitative estimate of drug-likeness (QED) is 0.904. The fourth-order valence-electron chi connectivity index (χ4n) is 2.08. The van der Waals surface area contributed by atoms with Crippen LogP contribution in [0.25, 0.3) is 0 Å². The lowest BCUT2D eigenvalue weighted by Gasteiger charge is -2.25. The highest BCUT2D eigenvalue weighted by molar-refractivity contribution is 7.15. The third kappa shape index (κ3) is 3.14. The first-order chi connectivity index (χ1) is 9.54. The molecule has 1 N–H and O–H groups in total. The second-order valence-electron chi connectivity index (χ2n) is 4.84. The molecule has 0 spiro atoms. The van der Waals surface area contributed by atoms with Crippen LogP contribution in [0.3, 0.4) is 0 Å². The lowest BCUT2D eigenvalue weighted by molar-refractivity contribution is 0.736. The van der Waals surface area contributed by atoms with Gasteiger partial charge in [0.05, 0.1) is 11.7 Å². The smallest absolute Gasteiger partial charge is 0.186 e. The van der Waals surface area contributed by atoms with Crippen molar-refractivity contribution < 1.29 is 0 Å². The van der Waals surface area contributed by atoms with Crippen LogP contribution in [0.5, 0.6) is 0 Å². The summed E-state index contributed by atoms with van der Waals surface area (Å²) in [6, 6.07) is 8.17. The Morgan fingerprint density at radius 3 is 2.75 bits per heavy atom. The van der Waals surface area contributed by atoms with Crippen molar-refractivity contribution in [3.05, 3.63) is 45.4 Å². The first kappa shape index (κ1) is 15.3. The van der Waals surface area contributed by atoms with Gasteiger partial charge >= 0.3 is 0 Å². The third-order valence-corrected chi connectivity index (χ3v) is 5.05. The van der Waals surface area contributed by atoms with E-state index in [4.69, 9.17) is 11.6 Å². The van der Waals surface area contributed by atoms with Gasteiger partial charge in [0.25, 0.3) is 0 Å². The number of nitrogens with one attached hydrogen (secondary N) is 1. The molecule has 1 unspecified atom stereocenters. The molecule has 0 saturated carbocycles. The number of anilines is 1. The molecule has 2 rings (SSSR count). The van der Waals surface area contributed by atoms with Crippen molar-refractivity contribution in [2.45, 2.75) is 26.4 Å². The summed E-state index contributed by atoms with van der Waals surface area (Å²) in [5, 5.41) is 5.01. The SMILES string of the molecule is CNCc1sc(N(C)C(C)c2ccccc2Cl)nc1C. The zero-order valence-corrected chi connectivity index (χ0v) is 13.8. The van der Waals surface area contributed by atoms with Gasteiger partial charge in [0.1, 0.15) is 0 Å². The molecular weight excluding hydrogens is 290 g/mol. The molecule has 1 aromatic heterocycles. The second kappa shape index (κ2) is 6.57. The molecule has 0 aliphatic rings. The van der Waals surface area contributed by atoms with E-state index in [1.54, 1.807) is 11.3 Å². The van der Waals surface area contributed by atoms with Gasteiger partial charge < -0.3 is 10.2 Å². The van der Waals surface area contributed by atoms with E-state index in [0.717, 1.165) is 28.0 Å². The number of rotatable bonds is 5. The Morgan fingerprint density at radius 2 is 2.10 bits per heavy atom. The van der Waals surface area contributed by atoms with Crippen molar-refractivity contribution in [3.63, 3.8) is 0 Å². The van der Waals surface area contributed by atoms with Crippen molar-refractivity contribution >= 4 is 28.1 Å². The third-order valence-electron chi connectivity index (χ3n) is 3.46. The van der Waals surface area contributed by atoms with Gasteiger partial charge in [-0.3, -0.25) is 0 Å². The van der Waals surface area contributed by atoms with Crippen molar-refractivity contribution in [2.24, 2.45) is 0 Å². The zero-order valence-electron chi connectivity index (χ0n) is 12.3. The van der Waals surface area contributed by atoms with E-state index in [0.29, 0.717) is 0 Å². The number of hydrogen-bond donors (Lipinski definition) is 1. The summed E-state index contributed by atoms with van der Waals surface area (Å²) in [6.45, 7) is 5.06. The Kier molecular flexibility index (Phi) is 5.02. The number of aromatic nitrogens is 1. The maximum atomic E-state index is 6.28. The molecule has 3 nitrogen and oxygen atoms in total. The van der Waals surface area contributed by atoms with Gasteiger partial charge in [0.15, 0.2) is 5.13 Å². The monoisotopic (exact) mass is 309 g/mol. The van der Waals surface area contributed by atoms with Crippen molar-refractivity contribution in [2.75, 3.05) is 19.0 Å². The number of benzene rings is 1. The first-order valence-electron chi connectivity index (χ1n) is 6.62. The van der Waals surface area contributed by atoms with Crippen molar-refractivity contribution in [1.82, 2.24) is 10.3 Å². The molecule has 0 amide bonds. The van der Waals surface area contributed by atoms with E-state index in [1.807, 2.05) is 25.2 Å². The molecule has 0 bridgehead atoms. The topological polar surface area (TPSA) is 28.2 Å². The number of hydrogen-bond acceptors (Lipinski definition) is 4. The van der Waals surface area contributed by atoms with E-state index in [1.165, 1.54) is 4.88 Å². The van der Waals surface area contributed by atoms with E-state index in [2.05, 4.69) is 42.2 Å². The van der Waals surface area contributed by atoms with Crippen LogP contribution in [0.2, 0.25) is 5.02 Å². The van der Waals surface area contributed by atoms with Crippen LogP contribution in [0.4, 0.5) is 5.13 Å². The molecule has 108 valence electrons. The minimum absolute atomic E-state index is 0.191. The summed E-state index contributed by atoms with van der Waals surface area (Å²) in [7, 11) is 4.02. The Morgan fingerprint density at radius 1 is 1.40 bits per heavy atom. The Labute approximate surface area is 129 Å². The molecule has 0 fully saturated rings. The predicted molar refractivity (Wildman–Crippen MR) is 87.9 cm³/mol. The molecular formula is C15H20ClN3S. The normalized spacial score (nSPS) is 12.4. The molecule has 20 heavy (non-hydrogen) atoms. The zero-order chi connectivity index (χ0) is 14.7. The van der Waals surface area contributed by atoms with Gasteiger partial charge in [0.2, 0.25) is 0 Å². The molecule has 0 aliphatic carbocycles. The van der Waals surface area contributed by atoms with Gasteiger partial charge in [-0.15, -0.1) is 11.3 Å². The molecule has 0 aliphatic heterocycles. The number of aryl methyl sites for hydroxylation is 1. The highest BCUT2D eigenvalue weighted by Gasteiger charge is 2.18. The average Bonchev–Trinajstić information content (AvgIpc) is 2.80. The number of thiazole rings is 1. The maximum Gasteiger partial charge on any atom is 0.186 e. The summed E-state index contributed by atoms with van der Waals surface area (Å²) in [6.07, 6.45) is 0. The largest absolute Gasteiger partial charge is 0.344 e. The Hall–Kier alpha value is -1.10. The van der Waals surface area contributed by atoms with Gasteiger partial charge in [-0.05, 0) is 32.5 Å². The van der Waals surface area contributed by atoms with E-state index in [9.17, 15) is 0 Å². The summed E-state index contributed by atoms with van der Waals surface area (Å²) >= 11 is 8.01. The van der Waals surface area contributed by atoms with Crippen LogP contribution >= 0.6 is 22.9 Å². The fraction of sp³-hybridized carbons (Fsp3) is 0.400. The lowest BCUT2D eigenvalue weighted by Crippen LogP contribution is -2.21. The van der Waals surface area contributed by atoms with Crippen LogP contribution in [0.1, 0.15) is 29.1 Å². The number of nitrogens with zero attached hydrogens (tertiary/aromatic N) is 2. The van der Waals surface area contributed by atoms with Crippen LogP contribution in [-0.2, 0) is 6.54 Å². The predicted octanol–water partition coefficient (Wildman–Crippen LogP) is 4.02. The highest BCUT2D eigenvalue weighted by atomic mass is 35.5. The Balaban J connectivity index is 2.24. The molecule has 1 atom stereocenters. The summed E-state index contributed by atoms with van der Waals surface area (Å²) in [5.41, 5.74) is 2.22. The highest BCUT2D eigenvalue weighted by Crippen LogP contribution is 2.33. The van der Waals surface area contributed by atoms with Gasteiger partial charge in [0, 0.05) is 23.5 Å². The van der Waals surface area contributed by atoms with Crippen LogP contribution in [-0.4, -0.2) is 19.1 Å². The van der Waals surface area contributed by atoms with Crippen LogP contribution in [0, 0.1) is 6.92 Å². The second-order valence-corrected chi connectivity index (χ2v) is 6.31. The molecule has 1 aromatic carbocycles. The summed E-state index contributed by atoms with van der Waals surface area (Å²) in [5.74, 6) is 0. The maximum absolute atomic E-state index is 6.28. The van der Waals surface area contributed by atoms with Crippen molar-refractivity contribution in [1.29, 1.82) is 0 Å². The molecule has 1 heterocycles. The van der Waals surface area contributed by atoms with Gasteiger partial charge in [-0.2, -0.15) is 0 Å². The van der Waals surface area contributed by atoms with Gasteiger partial charge in [-0.1, -0.05) is 29.8 Å². The summed E-state index contributed by atoms with van der Waals surface area (Å²) < 4.78 is 0. The van der Waals surface area contributed by atoms with E-state index in [-0.39, 0.29) is 6.04 Å². The number of halogens is 1. The molecule has 0 radical (unpaired) electrons. The first-order valence-corrected chi connectivity index (χ1v) is 7.82. The van der Waals surface area contributed by atoms with Crippen LogP contribution < -0.4 is 10.2 Å². The van der Waals surface area contributed by atoms with Crippen LogP contribution in [0.15, 0.2) is 24.3 Å².